The van der Waals surface area contributed by atoms with Gasteiger partial charge in [-0.2, -0.15) is 0 Å². The molecule has 0 aromatic heterocycles. The number of nitrogens with zero attached hydrogens (tertiary/aromatic N) is 1. The predicted molar refractivity (Wildman–Crippen MR) is 104 cm³/mol. The van der Waals surface area contributed by atoms with Gasteiger partial charge in [-0.25, -0.2) is 0 Å². The molecule has 0 saturated heterocycles. The van der Waals surface area contributed by atoms with Crippen LogP contribution in [-0.4, -0.2) is 10.8 Å². The lowest BCUT2D eigenvalue weighted by molar-refractivity contribution is -0.135. The molecule has 2 nitrogen and oxygen atoms in total. The van der Waals surface area contributed by atoms with E-state index in [1.807, 2.05) is 59.5 Å². The van der Waals surface area contributed by atoms with Crippen LogP contribution in [0.2, 0.25) is 0 Å². The van der Waals surface area contributed by atoms with Crippen LogP contribution in [0.5, 0.6) is 0 Å². The Morgan fingerprint density at radius 1 is 0.692 bits per heavy atom. The fourth-order valence-corrected chi connectivity index (χ4v) is 3.62. The highest BCUT2D eigenvalue weighted by atomic mass is 16.2. The minimum Gasteiger partial charge on any atom is -0.333 e. The maximum atomic E-state index is 13.6. The summed E-state index contributed by atoms with van der Waals surface area (Å²) in [6.07, 6.45) is 1.88. The van der Waals surface area contributed by atoms with Gasteiger partial charge < -0.3 is 4.90 Å². The van der Waals surface area contributed by atoms with Crippen LogP contribution < -0.4 is 0 Å². The summed E-state index contributed by atoms with van der Waals surface area (Å²) in [5, 5.41) is 0. The Morgan fingerprint density at radius 3 is 1.54 bits per heavy atom. The third kappa shape index (κ3) is 3.41. The monoisotopic (exact) mass is 341 g/mol. The van der Waals surface area contributed by atoms with E-state index < -0.39 is 0 Å². The molecule has 1 aliphatic rings. The van der Waals surface area contributed by atoms with Crippen molar-refractivity contribution in [3.8, 4) is 0 Å². The van der Waals surface area contributed by atoms with Gasteiger partial charge in [0.25, 0.3) is 0 Å². The zero-order valence-electron chi connectivity index (χ0n) is 14.8. The van der Waals surface area contributed by atoms with Gasteiger partial charge in [0.2, 0.25) is 5.91 Å². The Labute approximate surface area is 155 Å². The average molecular weight is 341 g/mol. The van der Waals surface area contributed by atoms with Crippen LogP contribution in [-0.2, 0) is 23.3 Å². The predicted octanol–water partition coefficient (Wildman–Crippen LogP) is 4.95. The lowest BCUT2D eigenvalue weighted by Crippen LogP contribution is -2.38. The summed E-state index contributed by atoms with van der Waals surface area (Å²) < 4.78 is 0. The van der Waals surface area contributed by atoms with Crippen molar-refractivity contribution < 1.29 is 4.79 Å². The second-order valence-electron chi connectivity index (χ2n) is 7.08. The number of rotatable bonds is 6. The van der Waals surface area contributed by atoms with E-state index in [2.05, 4.69) is 36.4 Å². The zero-order valence-corrected chi connectivity index (χ0v) is 14.8. The average Bonchev–Trinajstić information content (AvgIpc) is 3.51. The highest BCUT2D eigenvalue weighted by Gasteiger charge is 2.52. The van der Waals surface area contributed by atoms with Gasteiger partial charge >= 0.3 is 0 Å². The maximum Gasteiger partial charge on any atom is 0.233 e. The number of benzene rings is 3. The van der Waals surface area contributed by atoms with E-state index in [9.17, 15) is 4.79 Å². The van der Waals surface area contributed by atoms with Gasteiger partial charge in [-0.15, -0.1) is 0 Å². The normalized spacial score (nSPS) is 14.6. The lowest BCUT2D eigenvalue weighted by atomic mass is 9.94. The standard InChI is InChI=1S/C24H23NO/c26-23(24(16-17-24)22-14-8-3-9-15-22)25(18-20-10-4-1-5-11-20)19-21-12-6-2-7-13-21/h1-15H,16-19H2. The van der Waals surface area contributed by atoms with Gasteiger partial charge in [-0.3, -0.25) is 4.79 Å². The van der Waals surface area contributed by atoms with Gasteiger partial charge in [-0.1, -0.05) is 91.0 Å². The molecule has 130 valence electrons. The van der Waals surface area contributed by atoms with E-state index in [1.165, 1.54) is 11.1 Å². The van der Waals surface area contributed by atoms with Crippen LogP contribution in [0.1, 0.15) is 29.5 Å². The van der Waals surface area contributed by atoms with Crippen LogP contribution in [0.15, 0.2) is 91.0 Å². The summed E-state index contributed by atoms with van der Waals surface area (Å²) in [6.45, 7) is 1.28. The van der Waals surface area contributed by atoms with E-state index >= 15 is 0 Å². The molecule has 3 aromatic carbocycles. The van der Waals surface area contributed by atoms with Crippen molar-refractivity contribution in [3.63, 3.8) is 0 Å². The molecule has 4 rings (SSSR count). The number of hydrogen-bond donors (Lipinski definition) is 0. The highest BCUT2D eigenvalue weighted by Crippen LogP contribution is 2.49. The van der Waals surface area contributed by atoms with Gasteiger partial charge in [0.1, 0.15) is 0 Å². The topological polar surface area (TPSA) is 20.3 Å². The van der Waals surface area contributed by atoms with E-state index in [-0.39, 0.29) is 11.3 Å². The highest BCUT2D eigenvalue weighted by molar-refractivity contribution is 5.91. The molecule has 0 spiro atoms. The van der Waals surface area contributed by atoms with Gasteiger partial charge in [-0.05, 0) is 29.5 Å². The van der Waals surface area contributed by atoms with Crippen LogP contribution in [0.3, 0.4) is 0 Å². The minimum absolute atomic E-state index is 0.247. The summed E-state index contributed by atoms with van der Waals surface area (Å²) in [5.74, 6) is 0.247. The van der Waals surface area contributed by atoms with Crippen LogP contribution in [0.25, 0.3) is 0 Å². The van der Waals surface area contributed by atoms with E-state index in [0.717, 1.165) is 18.4 Å². The molecule has 0 atom stereocenters. The van der Waals surface area contributed by atoms with E-state index in [1.54, 1.807) is 0 Å². The summed E-state index contributed by atoms with van der Waals surface area (Å²) in [6, 6.07) is 30.8. The summed E-state index contributed by atoms with van der Waals surface area (Å²) >= 11 is 0. The largest absolute Gasteiger partial charge is 0.333 e. The number of carbonyl (C=O) groups excluding carboxylic acids is 1. The van der Waals surface area contributed by atoms with Crippen molar-refractivity contribution in [2.24, 2.45) is 0 Å². The Morgan fingerprint density at radius 2 is 1.12 bits per heavy atom. The lowest BCUT2D eigenvalue weighted by Gasteiger charge is -2.28. The fraction of sp³-hybridized carbons (Fsp3) is 0.208. The Bertz CT molecular complexity index is 813. The first kappa shape index (κ1) is 16.6. The van der Waals surface area contributed by atoms with Crippen molar-refractivity contribution in [2.45, 2.75) is 31.3 Å². The molecule has 0 unspecified atom stereocenters. The second-order valence-corrected chi connectivity index (χ2v) is 7.08. The molecule has 3 aromatic rings. The molecule has 0 aliphatic heterocycles. The fourth-order valence-electron chi connectivity index (χ4n) is 3.62. The van der Waals surface area contributed by atoms with Crippen LogP contribution in [0.4, 0.5) is 0 Å². The quantitative estimate of drug-likeness (QED) is 0.621. The van der Waals surface area contributed by atoms with Crippen molar-refractivity contribution in [2.75, 3.05) is 0 Å². The summed E-state index contributed by atoms with van der Waals surface area (Å²) in [7, 11) is 0. The number of hydrogen-bond acceptors (Lipinski definition) is 1. The van der Waals surface area contributed by atoms with Gasteiger partial charge in [0.15, 0.2) is 0 Å². The Hall–Kier alpha value is -2.87. The van der Waals surface area contributed by atoms with E-state index in [0.29, 0.717) is 13.1 Å². The van der Waals surface area contributed by atoms with Crippen molar-refractivity contribution in [1.29, 1.82) is 0 Å². The first-order valence-electron chi connectivity index (χ1n) is 9.21. The smallest absolute Gasteiger partial charge is 0.233 e. The Kier molecular flexibility index (Phi) is 4.57. The zero-order chi connectivity index (χ0) is 17.8. The third-order valence-corrected chi connectivity index (χ3v) is 5.21. The second kappa shape index (κ2) is 7.17. The van der Waals surface area contributed by atoms with Crippen molar-refractivity contribution in [3.05, 3.63) is 108 Å². The molecule has 26 heavy (non-hydrogen) atoms. The molecule has 0 N–H and O–H groups in total. The van der Waals surface area contributed by atoms with E-state index in [4.69, 9.17) is 0 Å². The molecule has 0 radical (unpaired) electrons. The first-order valence-corrected chi connectivity index (χ1v) is 9.21. The third-order valence-electron chi connectivity index (χ3n) is 5.21. The maximum absolute atomic E-state index is 13.6. The summed E-state index contributed by atoms with van der Waals surface area (Å²) in [4.78, 5) is 15.6. The molecular weight excluding hydrogens is 318 g/mol. The molecule has 0 bridgehead atoms. The van der Waals surface area contributed by atoms with Gasteiger partial charge in [0, 0.05) is 13.1 Å². The molecule has 1 saturated carbocycles. The SMILES string of the molecule is O=C(N(Cc1ccccc1)Cc1ccccc1)C1(c2ccccc2)CC1. The molecule has 1 aliphatic carbocycles. The molecular formula is C24H23NO. The number of carbonyl (C=O) groups is 1. The van der Waals surface area contributed by atoms with Gasteiger partial charge in [0.05, 0.1) is 5.41 Å². The first-order chi connectivity index (χ1) is 12.8. The van der Waals surface area contributed by atoms with Crippen molar-refractivity contribution >= 4 is 5.91 Å². The Balaban J connectivity index is 1.63. The van der Waals surface area contributed by atoms with Crippen LogP contribution in [0, 0.1) is 0 Å². The van der Waals surface area contributed by atoms with Crippen molar-refractivity contribution in [1.82, 2.24) is 4.90 Å². The molecule has 0 heterocycles. The number of amides is 1. The molecule has 2 heteroatoms. The molecule has 1 fully saturated rings. The summed E-state index contributed by atoms with van der Waals surface area (Å²) in [5.41, 5.74) is 3.16. The minimum atomic E-state index is -0.329. The van der Waals surface area contributed by atoms with Crippen LogP contribution >= 0.6 is 0 Å². The molecule has 1 amide bonds.